The summed E-state index contributed by atoms with van der Waals surface area (Å²) in [7, 11) is -1.78. The van der Waals surface area contributed by atoms with Crippen LogP contribution in [-0.4, -0.2) is 26.0 Å². The largest absolute Gasteiger partial charge is 0.409 e. The average molecular weight is 362 g/mol. The summed E-state index contributed by atoms with van der Waals surface area (Å²) >= 11 is 0. The molecule has 0 saturated carbocycles. The number of hydrogen-bond donors (Lipinski definition) is 0. The number of hydroxylamine groups is 2. The van der Waals surface area contributed by atoms with Gasteiger partial charge in [0.2, 0.25) is 0 Å². The molecule has 0 radical (unpaired) electrons. The second-order valence-corrected chi connectivity index (χ2v) is 14.5. The van der Waals surface area contributed by atoms with Crippen molar-refractivity contribution in [1.29, 1.82) is 0 Å². The highest BCUT2D eigenvalue weighted by atomic mass is 28.4. The molecule has 1 atom stereocenters. The molecule has 2 rings (SSSR count). The van der Waals surface area contributed by atoms with Gasteiger partial charge in [0.25, 0.3) is 0 Å². The molecule has 1 heterocycles. The predicted molar refractivity (Wildman–Crippen MR) is 108 cm³/mol. The van der Waals surface area contributed by atoms with Crippen LogP contribution in [0.1, 0.15) is 47.1 Å². The SMILES string of the molecule is CC(C)(C)C1C=C(CO[Si](C)(C)C(C)(C)C)ON1Cc1ccccc1. The molecule has 3 nitrogen and oxygen atoms in total. The Balaban J connectivity index is 2.08. The van der Waals surface area contributed by atoms with E-state index in [9.17, 15) is 0 Å². The minimum Gasteiger partial charge on any atom is -0.409 e. The monoisotopic (exact) mass is 361 g/mol. The Bertz CT molecular complexity index is 597. The molecular formula is C21H35NO2Si. The zero-order valence-corrected chi connectivity index (χ0v) is 18.2. The van der Waals surface area contributed by atoms with Gasteiger partial charge in [-0.1, -0.05) is 71.9 Å². The first-order valence-electron chi connectivity index (χ1n) is 9.23. The highest BCUT2D eigenvalue weighted by Gasteiger charge is 2.40. The van der Waals surface area contributed by atoms with E-state index in [1.54, 1.807) is 0 Å². The Morgan fingerprint density at radius 3 is 2.16 bits per heavy atom. The molecule has 1 unspecified atom stereocenters. The number of rotatable bonds is 5. The normalized spacial score (nSPS) is 19.7. The lowest BCUT2D eigenvalue weighted by Crippen LogP contribution is -2.41. The first-order valence-corrected chi connectivity index (χ1v) is 12.1. The van der Waals surface area contributed by atoms with Crippen molar-refractivity contribution in [3.05, 3.63) is 47.7 Å². The van der Waals surface area contributed by atoms with E-state index in [4.69, 9.17) is 9.26 Å². The van der Waals surface area contributed by atoms with Gasteiger partial charge < -0.3 is 9.26 Å². The van der Waals surface area contributed by atoms with Gasteiger partial charge in [0.15, 0.2) is 8.32 Å². The third kappa shape index (κ3) is 5.19. The van der Waals surface area contributed by atoms with Crippen molar-refractivity contribution < 1.29 is 9.26 Å². The number of benzene rings is 1. The molecule has 0 N–H and O–H groups in total. The van der Waals surface area contributed by atoms with Gasteiger partial charge in [-0.15, -0.1) is 5.06 Å². The molecule has 0 aromatic heterocycles. The summed E-state index contributed by atoms with van der Waals surface area (Å²) in [6.07, 6.45) is 2.25. The van der Waals surface area contributed by atoms with Crippen molar-refractivity contribution in [3.8, 4) is 0 Å². The summed E-state index contributed by atoms with van der Waals surface area (Å²) in [4.78, 5) is 6.20. The van der Waals surface area contributed by atoms with Crippen LogP contribution in [0.3, 0.4) is 0 Å². The van der Waals surface area contributed by atoms with Gasteiger partial charge in [-0.3, -0.25) is 0 Å². The van der Waals surface area contributed by atoms with Crippen LogP contribution in [0.25, 0.3) is 0 Å². The molecule has 4 heteroatoms. The molecule has 0 fully saturated rings. The molecule has 1 aliphatic rings. The summed E-state index contributed by atoms with van der Waals surface area (Å²) in [5.41, 5.74) is 1.37. The van der Waals surface area contributed by atoms with E-state index in [2.05, 4.69) is 90.0 Å². The smallest absolute Gasteiger partial charge is 0.192 e. The van der Waals surface area contributed by atoms with Gasteiger partial charge in [-0.25, -0.2) is 0 Å². The van der Waals surface area contributed by atoms with E-state index in [1.165, 1.54) is 5.56 Å². The number of nitrogens with zero attached hydrogens (tertiary/aromatic N) is 1. The molecule has 25 heavy (non-hydrogen) atoms. The third-order valence-corrected chi connectivity index (χ3v) is 9.82. The van der Waals surface area contributed by atoms with Gasteiger partial charge in [-0.05, 0) is 35.2 Å². The Morgan fingerprint density at radius 1 is 1.04 bits per heavy atom. The van der Waals surface area contributed by atoms with Crippen molar-refractivity contribution in [2.24, 2.45) is 5.41 Å². The third-order valence-electron chi connectivity index (χ3n) is 5.34. The highest BCUT2D eigenvalue weighted by molar-refractivity contribution is 6.74. The first kappa shape index (κ1) is 20.2. The van der Waals surface area contributed by atoms with Crippen LogP contribution < -0.4 is 0 Å². The lowest BCUT2D eigenvalue weighted by atomic mass is 9.86. The summed E-state index contributed by atoms with van der Waals surface area (Å²) < 4.78 is 6.36. The molecule has 0 amide bonds. The van der Waals surface area contributed by atoms with Gasteiger partial charge in [-0.2, -0.15) is 0 Å². The Kier molecular flexibility index (Phi) is 5.87. The van der Waals surface area contributed by atoms with Crippen molar-refractivity contribution in [2.75, 3.05) is 6.61 Å². The second-order valence-electron chi connectivity index (χ2n) is 9.64. The molecule has 140 valence electrons. The van der Waals surface area contributed by atoms with Crippen molar-refractivity contribution in [1.82, 2.24) is 5.06 Å². The fraction of sp³-hybridized carbons (Fsp3) is 0.619. The van der Waals surface area contributed by atoms with Crippen LogP contribution in [0.4, 0.5) is 0 Å². The van der Waals surface area contributed by atoms with Crippen LogP contribution >= 0.6 is 0 Å². The van der Waals surface area contributed by atoms with E-state index in [1.807, 2.05) is 6.07 Å². The summed E-state index contributed by atoms with van der Waals surface area (Å²) in [6, 6.07) is 10.7. The minimum atomic E-state index is -1.78. The topological polar surface area (TPSA) is 21.7 Å². The summed E-state index contributed by atoms with van der Waals surface area (Å²) in [5.74, 6) is 0.945. The van der Waals surface area contributed by atoms with Crippen LogP contribution in [0.15, 0.2) is 42.2 Å². The Morgan fingerprint density at radius 2 is 1.64 bits per heavy atom. The molecular weight excluding hydrogens is 326 g/mol. The zero-order chi connectivity index (χ0) is 18.9. The van der Waals surface area contributed by atoms with Crippen molar-refractivity contribution >= 4 is 8.32 Å². The Labute approximate surface area is 155 Å². The van der Waals surface area contributed by atoms with Crippen molar-refractivity contribution in [3.63, 3.8) is 0 Å². The minimum absolute atomic E-state index is 0.105. The van der Waals surface area contributed by atoms with E-state index >= 15 is 0 Å². The molecule has 1 aromatic carbocycles. The van der Waals surface area contributed by atoms with Crippen LogP contribution in [-0.2, 0) is 15.8 Å². The van der Waals surface area contributed by atoms with Gasteiger partial charge in [0.1, 0.15) is 5.76 Å². The van der Waals surface area contributed by atoms with Crippen LogP contribution in [0.2, 0.25) is 18.1 Å². The predicted octanol–water partition coefficient (Wildman–Crippen LogP) is 5.75. The second kappa shape index (κ2) is 7.26. The van der Waals surface area contributed by atoms with Gasteiger partial charge in [0.05, 0.1) is 19.2 Å². The lowest BCUT2D eigenvalue weighted by Gasteiger charge is -2.36. The van der Waals surface area contributed by atoms with Gasteiger partial charge >= 0.3 is 0 Å². The fourth-order valence-corrected chi connectivity index (χ4v) is 3.55. The van der Waals surface area contributed by atoms with Crippen molar-refractivity contribution in [2.45, 2.75) is 72.3 Å². The van der Waals surface area contributed by atoms with E-state index in [0.29, 0.717) is 6.61 Å². The maximum atomic E-state index is 6.36. The first-order chi connectivity index (χ1) is 11.4. The molecule has 0 saturated heterocycles. The molecule has 0 bridgehead atoms. The van der Waals surface area contributed by atoms with E-state index in [-0.39, 0.29) is 16.5 Å². The molecule has 0 spiro atoms. The number of hydrogen-bond acceptors (Lipinski definition) is 3. The Hall–Kier alpha value is -1.10. The molecule has 0 aliphatic carbocycles. The fourth-order valence-electron chi connectivity index (χ4n) is 2.62. The van der Waals surface area contributed by atoms with Crippen LogP contribution in [0.5, 0.6) is 0 Å². The van der Waals surface area contributed by atoms with Gasteiger partial charge in [0, 0.05) is 0 Å². The molecule has 1 aromatic rings. The maximum Gasteiger partial charge on any atom is 0.192 e. The summed E-state index contributed by atoms with van der Waals surface area (Å²) in [6.45, 7) is 19.5. The van der Waals surface area contributed by atoms with Crippen LogP contribution in [0, 0.1) is 5.41 Å². The lowest BCUT2D eigenvalue weighted by molar-refractivity contribution is -0.150. The maximum absolute atomic E-state index is 6.36. The van der Waals surface area contributed by atoms with E-state index < -0.39 is 8.32 Å². The standard InChI is InChI=1S/C21H35NO2Si/c1-20(2,3)19-14-18(16-23-25(7,8)21(4,5)6)24-22(19)15-17-12-10-9-11-13-17/h9-14,19H,15-16H2,1-8H3. The quantitative estimate of drug-likeness (QED) is 0.623. The zero-order valence-electron chi connectivity index (χ0n) is 17.2. The highest BCUT2D eigenvalue weighted by Crippen LogP contribution is 2.38. The molecule has 1 aliphatic heterocycles. The summed E-state index contributed by atoms with van der Waals surface area (Å²) in [5, 5.41) is 2.30. The van der Waals surface area contributed by atoms with E-state index in [0.717, 1.165) is 12.3 Å². The average Bonchev–Trinajstić information content (AvgIpc) is 2.88.